The molecular formula is C14H17NO4. The molecule has 0 spiro atoms. The molecule has 1 rings (SSSR count). The Morgan fingerprint density at radius 3 is 2.68 bits per heavy atom. The van der Waals surface area contributed by atoms with Gasteiger partial charge in [0.25, 0.3) is 0 Å². The third kappa shape index (κ3) is 5.81. The maximum Gasteiger partial charge on any atom is 0.356 e. The molecule has 1 aromatic rings. The Labute approximate surface area is 112 Å². The van der Waals surface area contributed by atoms with E-state index in [9.17, 15) is 14.9 Å². The summed E-state index contributed by atoms with van der Waals surface area (Å²) < 4.78 is 4.81. The molecule has 0 aliphatic carbocycles. The Balaban J connectivity index is 2.53. The number of rotatable bonds is 7. The Bertz CT molecular complexity index is 442. The molecule has 0 saturated heterocycles. The van der Waals surface area contributed by atoms with Crippen LogP contribution in [0.5, 0.6) is 0 Å². The molecule has 0 amide bonds. The minimum absolute atomic E-state index is 0.244. The number of carbonyl (C=O) groups excluding carboxylic acids is 1. The van der Waals surface area contributed by atoms with Gasteiger partial charge in [-0.25, -0.2) is 4.79 Å². The van der Waals surface area contributed by atoms with Crippen LogP contribution in [-0.4, -0.2) is 17.1 Å². The molecule has 1 atom stereocenters. The molecule has 5 nitrogen and oxygen atoms in total. The molecule has 19 heavy (non-hydrogen) atoms. The lowest BCUT2D eigenvalue weighted by molar-refractivity contribution is -0.568. The number of esters is 1. The van der Waals surface area contributed by atoms with E-state index in [2.05, 4.69) is 0 Å². The van der Waals surface area contributed by atoms with Gasteiger partial charge in [0, 0.05) is 6.08 Å². The van der Waals surface area contributed by atoms with Gasteiger partial charge in [-0.3, -0.25) is 10.1 Å². The SMILES string of the molecule is CCCCC(OC(=O)/C=C/c1ccccc1)[N+](=O)[O-]. The number of unbranched alkanes of at least 4 members (excludes halogenated alkanes) is 1. The van der Waals surface area contributed by atoms with Crippen LogP contribution in [0.2, 0.25) is 0 Å². The summed E-state index contributed by atoms with van der Waals surface area (Å²) in [5, 5.41) is 10.7. The third-order valence-corrected chi connectivity index (χ3v) is 2.50. The van der Waals surface area contributed by atoms with Gasteiger partial charge in [-0.2, -0.15) is 0 Å². The number of hydrogen-bond acceptors (Lipinski definition) is 4. The summed E-state index contributed by atoms with van der Waals surface area (Å²) in [4.78, 5) is 21.6. The average Bonchev–Trinajstić information content (AvgIpc) is 2.42. The van der Waals surface area contributed by atoms with Gasteiger partial charge in [-0.05, 0) is 18.1 Å². The van der Waals surface area contributed by atoms with E-state index in [4.69, 9.17) is 4.74 Å². The second kappa shape index (κ2) is 8.02. The van der Waals surface area contributed by atoms with E-state index in [1.165, 1.54) is 6.08 Å². The van der Waals surface area contributed by atoms with Crippen molar-refractivity contribution < 1.29 is 14.5 Å². The topological polar surface area (TPSA) is 69.4 Å². The summed E-state index contributed by atoms with van der Waals surface area (Å²) in [6, 6.07) is 9.19. The Hall–Kier alpha value is -2.17. The van der Waals surface area contributed by atoms with Crippen LogP contribution in [0, 0.1) is 10.1 Å². The molecular weight excluding hydrogens is 246 g/mol. The van der Waals surface area contributed by atoms with Gasteiger partial charge in [0.2, 0.25) is 0 Å². The first-order valence-corrected chi connectivity index (χ1v) is 6.20. The molecule has 1 unspecified atom stereocenters. The van der Waals surface area contributed by atoms with Gasteiger partial charge in [0.05, 0.1) is 11.3 Å². The minimum atomic E-state index is -1.26. The summed E-state index contributed by atoms with van der Waals surface area (Å²) in [6.07, 6.45) is 3.24. The van der Waals surface area contributed by atoms with E-state index in [0.717, 1.165) is 12.0 Å². The first-order chi connectivity index (χ1) is 9.13. The van der Waals surface area contributed by atoms with Crippen LogP contribution in [0.4, 0.5) is 0 Å². The maximum atomic E-state index is 11.5. The largest absolute Gasteiger partial charge is 0.395 e. The van der Waals surface area contributed by atoms with E-state index in [1.807, 2.05) is 37.3 Å². The normalized spacial score (nSPS) is 12.3. The highest BCUT2D eigenvalue weighted by Crippen LogP contribution is 2.07. The van der Waals surface area contributed by atoms with E-state index in [-0.39, 0.29) is 6.42 Å². The van der Waals surface area contributed by atoms with Crippen molar-refractivity contribution in [2.24, 2.45) is 0 Å². The maximum absolute atomic E-state index is 11.5. The lowest BCUT2D eigenvalue weighted by Gasteiger charge is -2.08. The highest BCUT2D eigenvalue weighted by atomic mass is 16.7. The fourth-order valence-electron chi connectivity index (χ4n) is 1.49. The summed E-state index contributed by atoms with van der Waals surface area (Å²) >= 11 is 0. The van der Waals surface area contributed by atoms with Crippen molar-refractivity contribution in [3.8, 4) is 0 Å². The third-order valence-electron chi connectivity index (χ3n) is 2.50. The van der Waals surface area contributed by atoms with Crippen LogP contribution < -0.4 is 0 Å². The van der Waals surface area contributed by atoms with Crippen LogP contribution >= 0.6 is 0 Å². The smallest absolute Gasteiger partial charge is 0.356 e. The number of carbonyl (C=O) groups is 1. The molecule has 0 fully saturated rings. The van der Waals surface area contributed by atoms with Gasteiger partial charge < -0.3 is 4.74 Å². The lowest BCUT2D eigenvalue weighted by Crippen LogP contribution is -2.25. The molecule has 0 heterocycles. The summed E-state index contributed by atoms with van der Waals surface area (Å²) in [5.74, 6) is -0.693. The van der Waals surface area contributed by atoms with E-state index in [0.29, 0.717) is 6.42 Å². The van der Waals surface area contributed by atoms with Crippen molar-refractivity contribution in [2.75, 3.05) is 0 Å². The average molecular weight is 263 g/mol. The number of benzene rings is 1. The standard InChI is InChI=1S/C14H17NO4/c1-2-3-9-13(15(17)18)19-14(16)11-10-12-7-5-4-6-8-12/h4-8,10-11,13H,2-3,9H2,1H3/b11-10+. The molecule has 0 aliphatic rings. The van der Waals surface area contributed by atoms with Gasteiger partial charge in [0.15, 0.2) is 0 Å². The molecule has 102 valence electrons. The second-order valence-corrected chi connectivity index (χ2v) is 4.06. The first kappa shape index (κ1) is 14.9. The highest BCUT2D eigenvalue weighted by Gasteiger charge is 2.22. The number of nitro groups is 1. The van der Waals surface area contributed by atoms with Gasteiger partial charge >= 0.3 is 12.2 Å². The number of ether oxygens (including phenoxy) is 1. The van der Waals surface area contributed by atoms with Crippen molar-refractivity contribution in [1.82, 2.24) is 0 Å². The molecule has 0 radical (unpaired) electrons. The van der Waals surface area contributed by atoms with Gasteiger partial charge in [-0.15, -0.1) is 0 Å². The predicted octanol–water partition coefficient (Wildman–Crippen LogP) is 3.04. The zero-order chi connectivity index (χ0) is 14.1. The summed E-state index contributed by atoms with van der Waals surface area (Å²) in [5.41, 5.74) is 0.839. The molecule has 0 aromatic heterocycles. The Morgan fingerprint density at radius 1 is 1.42 bits per heavy atom. The number of nitrogens with zero attached hydrogens (tertiary/aromatic N) is 1. The van der Waals surface area contributed by atoms with Crippen LogP contribution in [0.25, 0.3) is 6.08 Å². The zero-order valence-electron chi connectivity index (χ0n) is 10.8. The predicted molar refractivity (Wildman–Crippen MR) is 71.9 cm³/mol. The summed E-state index contributed by atoms with van der Waals surface area (Å²) in [6.45, 7) is 1.92. The lowest BCUT2D eigenvalue weighted by atomic mass is 10.2. The van der Waals surface area contributed by atoms with Crippen LogP contribution in [0.1, 0.15) is 31.7 Å². The van der Waals surface area contributed by atoms with Crippen molar-refractivity contribution >= 4 is 12.0 Å². The second-order valence-electron chi connectivity index (χ2n) is 4.06. The molecule has 0 N–H and O–H groups in total. The van der Waals surface area contributed by atoms with E-state index < -0.39 is 17.1 Å². The van der Waals surface area contributed by atoms with E-state index >= 15 is 0 Å². The first-order valence-electron chi connectivity index (χ1n) is 6.20. The Kier molecular flexibility index (Phi) is 6.29. The van der Waals surface area contributed by atoms with Crippen molar-refractivity contribution in [2.45, 2.75) is 32.4 Å². The molecule has 0 aliphatic heterocycles. The van der Waals surface area contributed by atoms with Crippen LogP contribution in [-0.2, 0) is 9.53 Å². The van der Waals surface area contributed by atoms with Crippen LogP contribution in [0.15, 0.2) is 36.4 Å². The minimum Gasteiger partial charge on any atom is -0.395 e. The van der Waals surface area contributed by atoms with Crippen molar-refractivity contribution in [1.29, 1.82) is 0 Å². The van der Waals surface area contributed by atoms with Crippen molar-refractivity contribution in [3.63, 3.8) is 0 Å². The van der Waals surface area contributed by atoms with Gasteiger partial charge in [-0.1, -0.05) is 43.7 Å². The fourth-order valence-corrected chi connectivity index (χ4v) is 1.49. The molecule has 5 heteroatoms. The summed E-state index contributed by atoms with van der Waals surface area (Å²) in [7, 11) is 0. The fraction of sp³-hybridized carbons (Fsp3) is 0.357. The zero-order valence-corrected chi connectivity index (χ0v) is 10.8. The Morgan fingerprint density at radius 2 is 2.11 bits per heavy atom. The van der Waals surface area contributed by atoms with Crippen molar-refractivity contribution in [3.05, 3.63) is 52.1 Å². The number of hydrogen-bond donors (Lipinski definition) is 0. The molecule has 0 bridgehead atoms. The van der Waals surface area contributed by atoms with E-state index in [1.54, 1.807) is 6.08 Å². The quantitative estimate of drug-likeness (QED) is 0.249. The van der Waals surface area contributed by atoms with Crippen LogP contribution in [0.3, 0.4) is 0 Å². The monoisotopic (exact) mass is 263 g/mol. The van der Waals surface area contributed by atoms with Gasteiger partial charge in [0.1, 0.15) is 0 Å². The molecule has 1 aromatic carbocycles. The highest BCUT2D eigenvalue weighted by molar-refractivity contribution is 5.87. The molecule has 0 saturated carbocycles.